The highest BCUT2D eigenvalue weighted by Crippen LogP contribution is 2.57. The molecule has 1 aliphatic carbocycles. The Bertz CT molecular complexity index is 1400. The molecule has 0 N–H and O–H groups in total. The lowest BCUT2D eigenvalue weighted by Gasteiger charge is -2.27. The van der Waals surface area contributed by atoms with Crippen LogP contribution in [0.1, 0.15) is 39.3 Å². The molecule has 3 atom stereocenters. The van der Waals surface area contributed by atoms with Crippen molar-refractivity contribution in [3.63, 3.8) is 0 Å². The number of amides is 2. The first-order chi connectivity index (χ1) is 17.4. The quantitative estimate of drug-likeness (QED) is 0.388. The monoisotopic (exact) mass is 501 g/mol. The fourth-order valence-electron chi connectivity index (χ4n) is 5.58. The van der Waals surface area contributed by atoms with Crippen LogP contribution in [-0.4, -0.2) is 35.6 Å². The highest BCUT2D eigenvalue weighted by atomic mass is 35.5. The van der Waals surface area contributed by atoms with Crippen molar-refractivity contribution < 1.29 is 28.7 Å². The minimum absolute atomic E-state index is 0.193. The van der Waals surface area contributed by atoms with Crippen LogP contribution in [0.3, 0.4) is 0 Å². The molecule has 2 saturated heterocycles. The predicted octanol–water partition coefficient (Wildman–Crippen LogP) is 4.43. The number of carbonyl (C=O) groups is 4. The predicted molar refractivity (Wildman–Crippen MR) is 130 cm³/mol. The summed E-state index contributed by atoms with van der Waals surface area (Å²) in [5, 5.41) is 0.446. The van der Waals surface area contributed by atoms with Gasteiger partial charge in [0, 0.05) is 16.1 Å². The lowest BCUT2D eigenvalue weighted by atomic mass is 9.77. The van der Waals surface area contributed by atoms with Gasteiger partial charge in [0.15, 0.2) is 0 Å². The summed E-state index contributed by atoms with van der Waals surface area (Å²) in [5.41, 5.74) is -0.829. The first-order valence-electron chi connectivity index (χ1n) is 11.6. The number of halogens is 1. The van der Waals surface area contributed by atoms with Gasteiger partial charge in [-0.1, -0.05) is 48.0 Å². The van der Waals surface area contributed by atoms with E-state index >= 15 is 0 Å². The SMILES string of the molecule is CCOc1ccc([C@H]2OC3(C(=O)c4ccccc4C3=O)[C@@H]3C(=O)N(c4ccc(Cl)cc4)C(=O)[C@@H]23)cc1. The average molecular weight is 502 g/mol. The summed E-state index contributed by atoms with van der Waals surface area (Å²) in [7, 11) is 0. The highest BCUT2D eigenvalue weighted by molar-refractivity contribution is 6.37. The number of ketones is 2. The third-order valence-corrected chi connectivity index (χ3v) is 7.38. The van der Waals surface area contributed by atoms with E-state index in [0.717, 1.165) is 4.90 Å². The van der Waals surface area contributed by atoms with Gasteiger partial charge in [-0.2, -0.15) is 0 Å². The van der Waals surface area contributed by atoms with Crippen LogP contribution in [0.15, 0.2) is 72.8 Å². The van der Waals surface area contributed by atoms with Crippen molar-refractivity contribution in [3.8, 4) is 5.75 Å². The van der Waals surface area contributed by atoms with E-state index in [9.17, 15) is 19.2 Å². The Labute approximate surface area is 211 Å². The van der Waals surface area contributed by atoms with Gasteiger partial charge in [-0.05, 0) is 48.9 Å². The first kappa shape index (κ1) is 22.6. The van der Waals surface area contributed by atoms with Crippen LogP contribution < -0.4 is 9.64 Å². The van der Waals surface area contributed by atoms with Gasteiger partial charge in [0.2, 0.25) is 29.0 Å². The molecule has 2 fully saturated rings. The second-order valence-corrected chi connectivity index (χ2v) is 9.41. The molecule has 7 nitrogen and oxygen atoms in total. The fourth-order valence-corrected chi connectivity index (χ4v) is 5.71. The van der Waals surface area contributed by atoms with Crippen LogP contribution in [0.4, 0.5) is 5.69 Å². The van der Waals surface area contributed by atoms with Crippen LogP contribution in [-0.2, 0) is 14.3 Å². The summed E-state index contributed by atoms with van der Waals surface area (Å²) in [5.74, 6) is -4.09. The van der Waals surface area contributed by atoms with Gasteiger partial charge in [0.1, 0.15) is 5.75 Å². The second-order valence-electron chi connectivity index (χ2n) is 8.97. The number of Topliss-reactive ketones (excluding diaryl/α,β-unsaturated/α-hetero) is 2. The highest BCUT2D eigenvalue weighted by Gasteiger charge is 2.74. The zero-order chi connectivity index (χ0) is 25.2. The molecule has 2 amide bonds. The Hall–Kier alpha value is -3.81. The summed E-state index contributed by atoms with van der Waals surface area (Å²) in [4.78, 5) is 56.2. The van der Waals surface area contributed by atoms with Crippen molar-refractivity contribution in [3.05, 3.63) is 94.5 Å². The summed E-state index contributed by atoms with van der Waals surface area (Å²) in [6.07, 6.45) is -0.985. The smallest absolute Gasteiger partial charge is 0.241 e. The Morgan fingerprint density at radius 3 is 2.06 bits per heavy atom. The van der Waals surface area contributed by atoms with Crippen LogP contribution in [0.2, 0.25) is 5.02 Å². The molecule has 1 spiro atoms. The zero-order valence-corrected chi connectivity index (χ0v) is 19.9. The van der Waals surface area contributed by atoms with E-state index in [0.29, 0.717) is 28.6 Å². The Morgan fingerprint density at radius 2 is 1.47 bits per heavy atom. The van der Waals surface area contributed by atoms with Gasteiger partial charge in [-0.25, -0.2) is 4.90 Å². The summed E-state index contributed by atoms with van der Waals surface area (Å²) < 4.78 is 11.8. The number of anilines is 1. The van der Waals surface area contributed by atoms with E-state index in [-0.39, 0.29) is 11.1 Å². The molecule has 6 rings (SSSR count). The number of ether oxygens (including phenoxy) is 2. The molecule has 0 unspecified atom stereocenters. The van der Waals surface area contributed by atoms with E-state index in [2.05, 4.69) is 0 Å². The standard InChI is InChI=1S/C28H20ClNO6/c1-2-35-18-13-7-15(8-14-18)23-21-22(27(34)30(26(21)33)17-11-9-16(29)10-12-17)28(36-23)24(31)19-5-3-4-6-20(19)25(28)32/h3-14,21-23H,2H2,1H3/t21-,22+,23-/m1/s1. The lowest BCUT2D eigenvalue weighted by molar-refractivity contribution is -0.127. The first-order valence-corrected chi connectivity index (χ1v) is 12.0. The number of benzene rings is 3. The van der Waals surface area contributed by atoms with E-state index in [1.165, 1.54) is 0 Å². The summed E-state index contributed by atoms with van der Waals surface area (Å²) >= 11 is 6.01. The molecule has 8 heteroatoms. The number of hydrogen-bond acceptors (Lipinski definition) is 6. The van der Waals surface area contributed by atoms with Gasteiger partial charge in [0.25, 0.3) is 0 Å². The van der Waals surface area contributed by atoms with Crippen LogP contribution in [0.5, 0.6) is 5.75 Å². The maximum atomic E-state index is 13.9. The van der Waals surface area contributed by atoms with Gasteiger partial charge in [-0.15, -0.1) is 0 Å². The molecule has 0 radical (unpaired) electrons. The molecule has 2 aliphatic heterocycles. The molecule has 3 aromatic rings. The van der Waals surface area contributed by atoms with Gasteiger partial charge < -0.3 is 9.47 Å². The lowest BCUT2D eigenvalue weighted by Crippen LogP contribution is -2.51. The molecule has 2 heterocycles. The van der Waals surface area contributed by atoms with Crippen molar-refractivity contribution in [1.82, 2.24) is 0 Å². The number of fused-ring (bicyclic) bond motifs is 3. The van der Waals surface area contributed by atoms with Gasteiger partial charge in [-0.3, -0.25) is 19.2 Å². The summed E-state index contributed by atoms with van der Waals surface area (Å²) in [6.45, 7) is 2.35. The Morgan fingerprint density at radius 1 is 0.861 bits per heavy atom. The third-order valence-electron chi connectivity index (χ3n) is 7.12. The molecule has 0 aromatic heterocycles. The van der Waals surface area contributed by atoms with E-state index in [1.54, 1.807) is 72.8 Å². The summed E-state index contributed by atoms with van der Waals surface area (Å²) in [6, 6.07) is 19.6. The topological polar surface area (TPSA) is 90.0 Å². The van der Waals surface area contributed by atoms with E-state index in [1.807, 2.05) is 6.92 Å². The second kappa shape index (κ2) is 8.11. The number of hydrogen-bond donors (Lipinski definition) is 0. The number of nitrogens with zero attached hydrogens (tertiary/aromatic N) is 1. The normalized spacial score (nSPS) is 23.9. The van der Waals surface area contributed by atoms with Crippen molar-refractivity contribution in [2.24, 2.45) is 11.8 Å². The minimum Gasteiger partial charge on any atom is -0.494 e. The molecule has 3 aromatic carbocycles. The third kappa shape index (κ3) is 2.96. The molecule has 0 saturated carbocycles. The van der Waals surface area contributed by atoms with E-state index in [4.69, 9.17) is 21.1 Å². The molecule has 3 aliphatic rings. The maximum Gasteiger partial charge on any atom is 0.241 e. The largest absolute Gasteiger partial charge is 0.494 e. The maximum absolute atomic E-state index is 13.9. The average Bonchev–Trinajstić information content (AvgIpc) is 3.45. The number of imide groups is 1. The van der Waals surface area contributed by atoms with Crippen LogP contribution >= 0.6 is 11.6 Å². The van der Waals surface area contributed by atoms with Crippen molar-refractivity contribution in [2.45, 2.75) is 18.6 Å². The van der Waals surface area contributed by atoms with Crippen molar-refractivity contribution in [2.75, 3.05) is 11.5 Å². The Kier molecular flexibility index (Phi) is 5.10. The van der Waals surface area contributed by atoms with E-state index < -0.39 is 46.9 Å². The van der Waals surface area contributed by atoms with Crippen molar-refractivity contribution >= 4 is 40.7 Å². The molecule has 0 bridgehead atoms. The number of carbonyl (C=O) groups excluding carboxylic acids is 4. The fraction of sp³-hybridized carbons (Fsp3) is 0.214. The van der Waals surface area contributed by atoms with Crippen molar-refractivity contribution in [1.29, 1.82) is 0 Å². The molecule has 36 heavy (non-hydrogen) atoms. The van der Waals surface area contributed by atoms with Crippen LogP contribution in [0, 0.1) is 11.8 Å². The zero-order valence-electron chi connectivity index (χ0n) is 19.1. The molecular formula is C28H20ClNO6. The Balaban J connectivity index is 1.50. The van der Waals surface area contributed by atoms with Gasteiger partial charge in [0.05, 0.1) is 30.2 Å². The van der Waals surface area contributed by atoms with Crippen LogP contribution in [0.25, 0.3) is 0 Å². The van der Waals surface area contributed by atoms with Gasteiger partial charge >= 0.3 is 0 Å². The molecule has 180 valence electrons. The number of rotatable bonds is 4. The molecular weight excluding hydrogens is 482 g/mol. The minimum atomic E-state index is -2.11.